The van der Waals surface area contributed by atoms with Crippen LogP contribution in [0.25, 0.3) is 0 Å². The van der Waals surface area contributed by atoms with Crippen molar-refractivity contribution < 1.29 is 13.2 Å². The molecule has 1 aliphatic rings. The van der Waals surface area contributed by atoms with Crippen LogP contribution in [0, 0.1) is 16.7 Å². The van der Waals surface area contributed by atoms with Crippen molar-refractivity contribution >= 4 is 21.6 Å². The second-order valence-electron chi connectivity index (χ2n) is 7.08. The molecule has 0 heterocycles. The van der Waals surface area contributed by atoms with Crippen molar-refractivity contribution in [2.24, 2.45) is 22.5 Å². The minimum atomic E-state index is -3.61. The minimum Gasteiger partial charge on any atom is -0.329 e. The number of hydrogen-bond donors (Lipinski definition) is 3. The van der Waals surface area contributed by atoms with E-state index >= 15 is 0 Å². The molecule has 128 valence electrons. The molecule has 0 spiro atoms. The van der Waals surface area contributed by atoms with Crippen molar-refractivity contribution in [2.75, 3.05) is 18.4 Å². The van der Waals surface area contributed by atoms with E-state index in [1.165, 1.54) is 12.1 Å². The molecule has 0 bridgehead atoms. The number of benzene rings is 1. The summed E-state index contributed by atoms with van der Waals surface area (Å²) < 4.78 is 26.6. The summed E-state index contributed by atoms with van der Waals surface area (Å²) >= 11 is 0. The Labute approximate surface area is 137 Å². The lowest BCUT2D eigenvalue weighted by Crippen LogP contribution is -2.29. The molecule has 0 aromatic heterocycles. The Morgan fingerprint density at radius 1 is 1.22 bits per heavy atom. The van der Waals surface area contributed by atoms with Crippen molar-refractivity contribution in [3.05, 3.63) is 24.3 Å². The van der Waals surface area contributed by atoms with Crippen LogP contribution in [0.15, 0.2) is 29.2 Å². The predicted octanol–water partition coefficient (Wildman–Crippen LogP) is 1.54. The van der Waals surface area contributed by atoms with Gasteiger partial charge in [0.2, 0.25) is 15.9 Å². The Morgan fingerprint density at radius 3 is 2.35 bits per heavy atom. The first-order valence-corrected chi connectivity index (χ1v) is 9.13. The van der Waals surface area contributed by atoms with E-state index in [-0.39, 0.29) is 40.6 Å². The zero-order valence-electron chi connectivity index (χ0n) is 14.0. The summed E-state index contributed by atoms with van der Waals surface area (Å²) in [4.78, 5) is 12.6. The first-order chi connectivity index (χ1) is 10.5. The van der Waals surface area contributed by atoms with Gasteiger partial charge in [-0.1, -0.05) is 33.8 Å². The predicted molar refractivity (Wildman–Crippen MR) is 90.4 cm³/mol. The molecular weight excluding hydrogens is 314 g/mol. The van der Waals surface area contributed by atoms with Gasteiger partial charge in [-0.3, -0.25) is 4.79 Å². The number of rotatable bonds is 6. The van der Waals surface area contributed by atoms with Gasteiger partial charge in [0, 0.05) is 24.7 Å². The molecule has 6 nitrogen and oxygen atoms in total. The molecule has 1 saturated carbocycles. The third kappa shape index (κ3) is 3.27. The first-order valence-electron chi connectivity index (χ1n) is 7.64. The normalized spacial score (nSPS) is 19.3. The summed E-state index contributed by atoms with van der Waals surface area (Å²) in [5.41, 5.74) is 5.66. The quantitative estimate of drug-likeness (QED) is 0.732. The summed E-state index contributed by atoms with van der Waals surface area (Å²) in [5.74, 6) is -0.171. The van der Waals surface area contributed by atoms with E-state index in [0.717, 1.165) is 0 Å². The van der Waals surface area contributed by atoms with Crippen molar-refractivity contribution in [3.8, 4) is 0 Å². The van der Waals surface area contributed by atoms with Gasteiger partial charge in [-0.25, -0.2) is 13.1 Å². The van der Waals surface area contributed by atoms with Gasteiger partial charge in [0.05, 0.1) is 4.90 Å². The van der Waals surface area contributed by atoms with Crippen molar-refractivity contribution in [1.29, 1.82) is 0 Å². The lowest BCUT2D eigenvalue weighted by atomic mass is 10.0. The third-order valence-electron chi connectivity index (χ3n) is 5.13. The molecule has 2 rings (SSSR count). The Balaban J connectivity index is 2.14. The highest BCUT2D eigenvalue weighted by molar-refractivity contribution is 7.89. The van der Waals surface area contributed by atoms with Gasteiger partial charge >= 0.3 is 0 Å². The maximum absolute atomic E-state index is 12.4. The van der Waals surface area contributed by atoms with Crippen molar-refractivity contribution in [3.63, 3.8) is 0 Å². The molecule has 0 aliphatic heterocycles. The maximum Gasteiger partial charge on any atom is 0.240 e. The van der Waals surface area contributed by atoms with Gasteiger partial charge in [-0.2, -0.15) is 0 Å². The second kappa shape index (κ2) is 5.89. The molecule has 0 radical (unpaired) electrons. The SMILES string of the molecule is CC1(C)C(C(=O)Nc2cccc(S(=O)(=O)NCCN)c2)C1(C)C. The summed E-state index contributed by atoms with van der Waals surface area (Å²) in [6.45, 7) is 8.65. The number of carbonyl (C=O) groups excluding carboxylic acids is 1. The molecule has 0 saturated heterocycles. The summed E-state index contributed by atoms with van der Waals surface area (Å²) in [6.07, 6.45) is 0. The molecule has 4 N–H and O–H groups in total. The van der Waals surface area contributed by atoms with Crippen LogP contribution in [0.2, 0.25) is 0 Å². The maximum atomic E-state index is 12.4. The third-order valence-corrected chi connectivity index (χ3v) is 6.59. The van der Waals surface area contributed by atoms with E-state index in [9.17, 15) is 13.2 Å². The van der Waals surface area contributed by atoms with E-state index in [4.69, 9.17) is 5.73 Å². The van der Waals surface area contributed by atoms with E-state index in [1.54, 1.807) is 12.1 Å². The van der Waals surface area contributed by atoms with Crippen molar-refractivity contribution in [2.45, 2.75) is 32.6 Å². The molecule has 23 heavy (non-hydrogen) atoms. The molecule has 1 amide bonds. The fourth-order valence-corrected chi connectivity index (χ4v) is 4.18. The largest absolute Gasteiger partial charge is 0.329 e. The zero-order chi connectivity index (χ0) is 17.5. The molecule has 0 atom stereocenters. The Kier molecular flexibility index (Phi) is 4.58. The zero-order valence-corrected chi connectivity index (χ0v) is 14.8. The number of amides is 1. The fourth-order valence-electron chi connectivity index (χ4n) is 3.08. The van der Waals surface area contributed by atoms with Gasteiger partial charge in [0.1, 0.15) is 0 Å². The van der Waals surface area contributed by atoms with Crippen LogP contribution in [0.3, 0.4) is 0 Å². The lowest BCUT2D eigenvalue weighted by molar-refractivity contribution is -0.118. The number of nitrogens with one attached hydrogen (secondary N) is 2. The Hall–Kier alpha value is -1.44. The molecule has 0 unspecified atom stereocenters. The van der Waals surface area contributed by atoms with E-state index in [0.29, 0.717) is 5.69 Å². The molecular formula is C16H25N3O3S. The van der Waals surface area contributed by atoms with Crippen LogP contribution >= 0.6 is 0 Å². The smallest absolute Gasteiger partial charge is 0.240 e. The number of anilines is 1. The molecule has 1 aliphatic carbocycles. The van der Waals surface area contributed by atoms with Gasteiger partial charge in [0.25, 0.3) is 0 Å². The number of sulfonamides is 1. The van der Waals surface area contributed by atoms with Crippen LogP contribution in [0.1, 0.15) is 27.7 Å². The summed E-state index contributed by atoms with van der Waals surface area (Å²) in [6, 6.07) is 6.23. The van der Waals surface area contributed by atoms with Crippen LogP contribution in [0.5, 0.6) is 0 Å². The van der Waals surface area contributed by atoms with Crippen LogP contribution in [-0.2, 0) is 14.8 Å². The summed E-state index contributed by atoms with van der Waals surface area (Å²) in [7, 11) is -3.61. The van der Waals surface area contributed by atoms with Crippen LogP contribution in [-0.4, -0.2) is 27.4 Å². The first kappa shape index (κ1) is 17.9. The molecule has 7 heteroatoms. The van der Waals surface area contributed by atoms with E-state index in [2.05, 4.69) is 37.7 Å². The lowest BCUT2D eigenvalue weighted by Gasteiger charge is -2.10. The average molecular weight is 339 g/mol. The number of hydrogen-bond acceptors (Lipinski definition) is 4. The second-order valence-corrected chi connectivity index (χ2v) is 8.85. The standard InChI is InChI=1S/C16H25N3O3S/c1-15(2)13(16(15,3)4)14(20)19-11-6-5-7-12(10-11)23(21,22)18-9-8-17/h5-7,10,13,18H,8-9,17H2,1-4H3,(H,19,20). The topological polar surface area (TPSA) is 101 Å². The molecule has 1 aromatic rings. The van der Waals surface area contributed by atoms with Gasteiger partial charge < -0.3 is 11.1 Å². The highest BCUT2D eigenvalue weighted by atomic mass is 32.2. The van der Waals surface area contributed by atoms with Gasteiger partial charge in [-0.05, 0) is 29.0 Å². The fraction of sp³-hybridized carbons (Fsp3) is 0.562. The highest BCUT2D eigenvalue weighted by Gasteiger charge is 2.68. The van der Waals surface area contributed by atoms with Gasteiger partial charge in [-0.15, -0.1) is 0 Å². The Bertz CT molecular complexity index is 697. The van der Waals surface area contributed by atoms with E-state index < -0.39 is 10.0 Å². The van der Waals surface area contributed by atoms with Crippen LogP contribution < -0.4 is 15.8 Å². The van der Waals surface area contributed by atoms with Gasteiger partial charge in [0.15, 0.2) is 0 Å². The average Bonchev–Trinajstić information content (AvgIpc) is 2.86. The number of nitrogens with two attached hydrogens (primary N) is 1. The summed E-state index contributed by atoms with van der Waals surface area (Å²) in [5, 5.41) is 2.83. The highest BCUT2D eigenvalue weighted by Crippen LogP contribution is 2.68. The van der Waals surface area contributed by atoms with E-state index in [1.807, 2.05) is 0 Å². The molecule has 1 fully saturated rings. The van der Waals surface area contributed by atoms with Crippen LogP contribution in [0.4, 0.5) is 5.69 Å². The molecule has 1 aromatic carbocycles. The Morgan fingerprint density at radius 2 is 1.83 bits per heavy atom. The number of carbonyl (C=O) groups is 1. The minimum absolute atomic E-state index is 0.0660. The van der Waals surface area contributed by atoms with Crippen molar-refractivity contribution in [1.82, 2.24) is 4.72 Å². The monoisotopic (exact) mass is 339 g/mol.